The number of aliphatic imine (C=N–C) groups is 1. The fourth-order valence-corrected chi connectivity index (χ4v) is 3.53. The average molecular weight is 551 g/mol. The van der Waals surface area contributed by atoms with E-state index in [1.54, 1.807) is 13.2 Å². The van der Waals surface area contributed by atoms with E-state index < -0.39 is 0 Å². The SMILES string of the molecule is CN=C(NCc1ccnc(Oc2ccc(C)c(C)c2)c1)NC1CCN(C(=O)C(C)C)C1.I. The van der Waals surface area contributed by atoms with Gasteiger partial charge in [0.1, 0.15) is 5.75 Å². The fourth-order valence-electron chi connectivity index (χ4n) is 3.53. The number of hydrogen-bond donors (Lipinski definition) is 2. The number of pyridine rings is 1. The smallest absolute Gasteiger partial charge is 0.225 e. The first-order valence-electron chi connectivity index (χ1n) is 10.8. The van der Waals surface area contributed by atoms with Crippen LogP contribution >= 0.6 is 24.0 Å². The standard InChI is InChI=1S/C24H33N5O2.HI/c1-16(2)23(30)29-11-9-20(15-29)28-24(25-5)27-14-19-8-10-26-22(13-19)31-21-7-6-17(3)18(4)12-21;/h6-8,10,12-13,16,20H,9,11,14-15H2,1-5H3,(H2,25,27,28);1H. The molecule has 0 saturated carbocycles. The summed E-state index contributed by atoms with van der Waals surface area (Å²) in [6, 6.07) is 10.1. The van der Waals surface area contributed by atoms with Crippen molar-refractivity contribution < 1.29 is 9.53 Å². The van der Waals surface area contributed by atoms with Gasteiger partial charge < -0.3 is 20.3 Å². The molecule has 1 fully saturated rings. The monoisotopic (exact) mass is 551 g/mol. The van der Waals surface area contributed by atoms with Crippen LogP contribution in [-0.2, 0) is 11.3 Å². The number of guanidine groups is 1. The van der Waals surface area contributed by atoms with Gasteiger partial charge in [0.15, 0.2) is 5.96 Å². The molecule has 1 amide bonds. The third-order valence-corrected chi connectivity index (χ3v) is 5.52. The van der Waals surface area contributed by atoms with Crippen LogP contribution in [0.3, 0.4) is 0 Å². The van der Waals surface area contributed by atoms with Crippen molar-refractivity contribution in [1.29, 1.82) is 0 Å². The molecule has 2 heterocycles. The molecule has 8 heteroatoms. The fraction of sp³-hybridized carbons (Fsp3) is 0.458. The maximum Gasteiger partial charge on any atom is 0.225 e. The van der Waals surface area contributed by atoms with Crippen LogP contribution in [-0.4, -0.2) is 47.9 Å². The van der Waals surface area contributed by atoms with Crippen LogP contribution in [0.15, 0.2) is 41.5 Å². The number of aromatic nitrogens is 1. The van der Waals surface area contributed by atoms with E-state index in [1.165, 1.54) is 11.1 Å². The first-order chi connectivity index (χ1) is 14.9. The number of carbonyl (C=O) groups is 1. The number of carbonyl (C=O) groups excluding carboxylic acids is 1. The molecular weight excluding hydrogens is 517 g/mol. The van der Waals surface area contributed by atoms with Crippen molar-refractivity contribution in [3.05, 3.63) is 53.2 Å². The molecule has 1 aromatic carbocycles. The van der Waals surface area contributed by atoms with Gasteiger partial charge in [-0.05, 0) is 55.2 Å². The number of rotatable bonds is 6. The molecule has 0 aliphatic carbocycles. The number of ether oxygens (including phenoxy) is 1. The second-order valence-corrected chi connectivity index (χ2v) is 8.35. The normalized spacial score (nSPS) is 16.0. The van der Waals surface area contributed by atoms with Gasteiger partial charge in [0, 0.05) is 50.9 Å². The number of nitrogens with zero attached hydrogens (tertiary/aromatic N) is 3. The quantitative estimate of drug-likeness (QED) is 0.322. The summed E-state index contributed by atoms with van der Waals surface area (Å²) in [7, 11) is 1.75. The Labute approximate surface area is 208 Å². The number of hydrogen-bond acceptors (Lipinski definition) is 4. The topological polar surface area (TPSA) is 78.9 Å². The molecular formula is C24H34IN5O2. The van der Waals surface area contributed by atoms with Crippen LogP contribution in [0.25, 0.3) is 0 Å². The minimum atomic E-state index is 0. The van der Waals surface area contributed by atoms with E-state index in [2.05, 4.69) is 34.5 Å². The number of amides is 1. The van der Waals surface area contributed by atoms with Crippen molar-refractivity contribution in [2.75, 3.05) is 20.1 Å². The van der Waals surface area contributed by atoms with Gasteiger partial charge in [0.2, 0.25) is 11.8 Å². The number of halogens is 1. The zero-order valence-electron chi connectivity index (χ0n) is 19.5. The van der Waals surface area contributed by atoms with E-state index in [0.29, 0.717) is 19.0 Å². The lowest BCUT2D eigenvalue weighted by molar-refractivity contribution is -0.133. The van der Waals surface area contributed by atoms with Gasteiger partial charge in [-0.25, -0.2) is 4.98 Å². The molecule has 3 rings (SSSR count). The predicted octanol–water partition coefficient (Wildman–Crippen LogP) is 4.03. The van der Waals surface area contributed by atoms with Gasteiger partial charge >= 0.3 is 0 Å². The molecule has 2 N–H and O–H groups in total. The van der Waals surface area contributed by atoms with Crippen LogP contribution in [0.2, 0.25) is 0 Å². The molecule has 0 bridgehead atoms. The molecule has 1 aliphatic rings. The van der Waals surface area contributed by atoms with Gasteiger partial charge in [-0.2, -0.15) is 0 Å². The minimum absolute atomic E-state index is 0. The molecule has 1 saturated heterocycles. The summed E-state index contributed by atoms with van der Waals surface area (Å²) >= 11 is 0. The zero-order chi connectivity index (χ0) is 22.4. The average Bonchev–Trinajstić information content (AvgIpc) is 3.22. The molecule has 32 heavy (non-hydrogen) atoms. The van der Waals surface area contributed by atoms with Crippen molar-refractivity contribution >= 4 is 35.8 Å². The largest absolute Gasteiger partial charge is 0.439 e. The van der Waals surface area contributed by atoms with E-state index in [0.717, 1.165) is 30.2 Å². The Morgan fingerprint density at radius 2 is 2.03 bits per heavy atom. The van der Waals surface area contributed by atoms with Crippen molar-refractivity contribution in [1.82, 2.24) is 20.5 Å². The Morgan fingerprint density at radius 1 is 1.25 bits per heavy atom. The second-order valence-electron chi connectivity index (χ2n) is 8.35. The molecule has 0 spiro atoms. The maximum absolute atomic E-state index is 12.2. The molecule has 7 nitrogen and oxygen atoms in total. The lowest BCUT2D eigenvalue weighted by Gasteiger charge is -2.20. The molecule has 1 aromatic heterocycles. The molecule has 1 unspecified atom stereocenters. The van der Waals surface area contributed by atoms with Crippen LogP contribution in [0.4, 0.5) is 0 Å². The number of nitrogens with one attached hydrogen (secondary N) is 2. The van der Waals surface area contributed by atoms with Crippen LogP contribution in [0.5, 0.6) is 11.6 Å². The Morgan fingerprint density at radius 3 is 2.72 bits per heavy atom. The summed E-state index contributed by atoms with van der Waals surface area (Å²) in [4.78, 5) is 22.8. The Kier molecular flexibility index (Phi) is 9.74. The van der Waals surface area contributed by atoms with Crippen LogP contribution in [0.1, 0.15) is 37.0 Å². The summed E-state index contributed by atoms with van der Waals surface area (Å²) < 4.78 is 5.93. The van der Waals surface area contributed by atoms with Crippen LogP contribution < -0.4 is 15.4 Å². The minimum Gasteiger partial charge on any atom is -0.439 e. The summed E-state index contributed by atoms with van der Waals surface area (Å²) in [5, 5.41) is 6.76. The highest BCUT2D eigenvalue weighted by atomic mass is 127. The first-order valence-corrected chi connectivity index (χ1v) is 10.8. The van der Waals surface area contributed by atoms with E-state index in [1.807, 2.05) is 49.1 Å². The summed E-state index contributed by atoms with van der Waals surface area (Å²) in [5.41, 5.74) is 3.46. The van der Waals surface area contributed by atoms with Gasteiger partial charge in [-0.3, -0.25) is 9.79 Å². The highest BCUT2D eigenvalue weighted by Crippen LogP contribution is 2.22. The predicted molar refractivity (Wildman–Crippen MR) is 139 cm³/mol. The Balaban J connectivity index is 0.00000363. The summed E-state index contributed by atoms with van der Waals surface area (Å²) in [6.07, 6.45) is 2.67. The summed E-state index contributed by atoms with van der Waals surface area (Å²) in [5.74, 6) is 2.30. The third kappa shape index (κ3) is 7.08. The summed E-state index contributed by atoms with van der Waals surface area (Å²) in [6.45, 7) is 10.1. The first kappa shape index (κ1) is 25.9. The van der Waals surface area contributed by atoms with E-state index >= 15 is 0 Å². The van der Waals surface area contributed by atoms with E-state index in [4.69, 9.17) is 4.74 Å². The number of aryl methyl sites for hydroxylation is 2. The molecule has 1 atom stereocenters. The Hall–Kier alpha value is -2.36. The second kappa shape index (κ2) is 12.0. The molecule has 2 aromatic rings. The number of benzene rings is 1. The van der Waals surface area contributed by atoms with Crippen molar-refractivity contribution in [3.8, 4) is 11.6 Å². The van der Waals surface area contributed by atoms with Crippen molar-refractivity contribution in [2.24, 2.45) is 10.9 Å². The zero-order valence-corrected chi connectivity index (χ0v) is 21.8. The van der Waals surface area contributed by atoms with Gasteiger partial charge in [0.05, 0.1) is 0 Å². The van der Waals surface area contributed by atoms with Gasteiger partial charge in [0.25, 0.3) is 0 Å². The van der Waals surface area contributed by atoms with Crippen molar-refractivity contribution in [2.45, 2.75) is 46.7 Å². The lowest BCUT2D eigenvalue weighted by Crippen LogP contribution is -2.45. The number of likely N-dealkylation sites (tertiary alicyclic amines) is 1. The van der Waals surface area contributed by atoms with E-state index in [-0.39, 0.29) is 41.8 Å². The van der Waals surface area contributed by atoms with Crippen LogP contribution in [0, 0.1) is 19.8 Å². The van der Waals surface area contributed by atoms with Crippen molar-refractivity contribution in [3.63, 3.8) is 0 Å². The van der Waals surface area contributed by atoms with E-state index in [9.17, 15) is 4.79 Å². The Bertz CT molecular complexity index is 948. The molecule has 1 aliphatic heterocycles. The maximum atomic E-state index is 12.2. The van der Waals surface area contributed by atoms with Gasteiger partial charge in [-0.15, -0.1) is 24.0 Å². The third-order valence-electron chi connectivity index (χ3n) is 5.52. The molecule has 174 valence electrons. The highest BCUT2D eigenvalue weighted by molar-refractivity contribution is 14.0. The lowest BCUT2D eigenvalue weighted by atomic mass is 10.1. The molecule has 0 radical (unpaired) electrons. The highest BCUT2D eigenvalue weighted by Gasteiger charge is 2.27. The van der Waals surface area contributed by atoms with Gasteiger partial charge in [-0.1, -0.05) is 19.9 Å².